The summed E-state index contributed by atoms with van der Waals surface area (Å²) in [4.78, 5) is 14.3. The molecule has 1 aliphatic carbocycles. The van der Waals surface area contributed by atoms with Crippen LogP contribution in [0.3, 0.4) is 0 Å². The maximum atomic E-state index is 12.4. The standard InChI is InChI=1S/C18H34N2O3/c1-14(19-13-18(5)7-6-8-18)11-15-12-22-10-9-20(15)16(21)23-17(2,3)4/h14-15,19H,6-13H2,1-5H3. The van der Waals surface area contributed by atoms with Gasteiger partial charge in [-0.2, -0.15) is 0 Å². The van der Waals surface area contributed by atoms with Crippen molar-refractivity contribution in [1.82, 2.24) is 10.2 Å². The Morgan fingerprint density at radius 1 is 1.43 bits per heavy atom. The zero-order valence-corrected chi connectivity index (χ0v) is 15.5. The fourth-order valence-electron chi connectivity index (χ4n) is 3.28. The zero-order chi connectivity index (χ0) is 17.1. The zero-order valence-electron chi connectivity index (χ0n) is 15.5. The second-order valence-corrected chi connectivity index (χ2v) is 8.58. The Bertz CT molecular complexity index is 402. The quantitative estimate of drug-likeness (QED) is 0.843. The molecule has 0 aromatic heterocycles. The number of carbonyl (C=O) groups is 1. The van der Waals surface area contributed by atoms with E-state index in [0.29, 0.717) is 31.2 Å². The minimum atomic E-state index is -0.456. The molecule has 5 heteroatoms. The minimum Gasteiger partial charge on any atom is -0.444 e. The summed E-state index contributed by atoms with van der Waals surface area (Å²) in [6.45, 7) is 13.1. The molecule has 2 rings (SSSR count). The first-order chi connectivity index (χ1) is 10.7. The van der Waals surface area contributed by atoms with Crippen LogP contribution in [-0.2, 0) is 9.47 Å². The van der Waals surface area contributed by atoms with Crippen molar-refractivity contribution < 1.29 is 14.3 Å². The molecule has 0 radical (unpaired) electrons. The number of hydrogen-bond acceptors (Lipinski definition) is 4. The molecule has 0 bridgehead atoms. The summed E-state index contributed by atoms with van der Waals surface area (Å²) < 4.78 is 11.1. The Hall–Kier alpha value is -0.810. The summed E-state index contributed by atoms with van der Waals surface area (Å²) >= 11 is 0. The van der Waals surface area contributed by atoms with Gasteiger partial charge >= 0.3 is 6.09 Å². The van der Waals surface area contributed by atoms with Crippen LogP contribution in [0.15, 0.2) is 0 Å². The van der Waals surface area contributed by atoms with E-state index in [-0.39, 0.29) is 12.1 Å². The Morgan fingerprint density at radius 3 is 2.70 bits per heavy atom. The van der Waals surface area contributed by atoms with Gasteiger partial charge in [-0.25, -0.2) is 4.79 Å². The highest BCUT2D eigenvalue weighted by Gasteiger charge is 2.34. The summed E-state index contributed by atoms with van der Waals surface area (Å²) in [6, 6.07) is 0.458. The fourth-order valence-corrected chi connectivity index (χ4v) is 3.28. The lowest BCUT2D eigenvalue weighted by Gasteiger charge is -2.41. The molecule has 1 heterocycles. The monoisotopic (exact) mass is 326 g/mol. The summed E-state index contributed by atoms with van der Waals surface area (Å²) in [5.41, 5.74) is 0.0186. The van der Waals surface area contributed by atoms with Crippen molar-refractivity contribution in [3.05, 3.63) is 0 Å². The predicted octanol–water partition coefficient (Wildman–Crippen LogP) is 3.18. The number of amides is 1. The van der Waals surface area contributed by atoms with Gasteiger partial charge in [0.15, 0.2) is 0 Å². The molecular formula is C18H34N2O3. The highest BCUT2D eigenvalue weighted by molar-refractivity contribution is 5.68. The number of nitrogens with zero attached hydrogens (tertiary/aromatic N) is 1. The Kier molecular flexibility index (Phi) is 5.95. The molecule has 0 aromatic carbocycles. The van der Waals surface area contributed by atoms with Gasteiger partial charge in [-0.3, -0.25) is 0 Å². The minimum absolute atomic E-state index is 0.0929. The van der Waals surface area contributed by atoms with E-state index in [9.17, 15) is 4.79 Å². The van der Waals surface area contributed by atoms with Crippen LogP contribution < -0.4 is 5.32 Å². The van der Waals surface area contributed by atoms with Crippen LogP contribution in [0, 0.1) is 5.41 Å². The summed E-state index contributed by atoms with van der Waals surface area (Å²) in [5, 5.41) is 3.65. The topological polar surface area (TPSA) is 50.8 Å². The molecule has 134 valence electrons. The van der Waals surface area contributed by atoms with Crippen molar-refractivity contribution in [2.75, 3.05) is 26.3 Å². The Labute approximate surface area is 141 Å². The van der Waals surface area contributed by atoms with Crippen LogP contribution in [0.2, 0.25) is 0 Å². The van der Waals surface area contributed by atoms with E-state index in [0.717, 1.165) is 13.0 Å². The molecule has 1 amide bonds. The molecule has 1 saturated carbocycles. The molecule has 1 saturated heterocycles. The molecular weight excluding hydrogens is 292 g/mol. The van der Waals surface area contributed by atoms with E-state index >= 15 is 0 Å². The summed E-state index contributed by atoms with van der Waals surface area (Å²) in [7, 11) is 0. The van der Waals surface area contributed by atoms with Crippen LogP contribution in [0.4, 0.5) is 4.79 Å². The van der Waals surface area contributed by atoms with Crippen LogP contribution in [0.25, 0.3) is 0 Å². The van der Waals surface area contributed by atoms with Crippen LogP contribution >= 0.6 is 0 Å². The molecule has 23 heavy (non-hydrogen) atoms. The number of ether oxygens (including phenoxy) is 2. The van der Waals surface area contributed by atoms with E-state index in [1.165, 1.54) is 19.3 Å². The predicted molar refractivity (Wildman–Crippen MR) is 91.6 cm³/mol. The van der Waals surface area contributed by atoms with Gasteiger partial charge in [-0.05, 0) is 52.4 Å². The number of rotatable bonds is 5. The van der Waals surface area contributed by atoms with E-state index in [1.54, 1.807) is 0 Å². The molecule has 0 aromatic rings. The molecule has 2 aliphatic rings. The molecule has 5 nitrogen and oxygen atoms in total. The first kappa shape index (κ1) is 18.5. The van der Waals surface area contributed by atoms with Gasteiger partial charge in [0.25, 0.3) is 0 Å². The van der Waals surface area contributed by atoms with Crippen molar-refractivity contribution in [2.45, 2.75) is 78.0 Å². The molecule has 2 unspecified atom stereocenters. The first-order valence-electron chi connectivity index (χ1n) is 8.99. The van der Waals surface area contributed by atoms with Crippen molar-refractivity contribution in [2.24, 2.45) is 5.41 Å². The van der Waals surface area contributed by atoms with Crippen molar-refractivity contribution in [3.8, 4) is 0 Å². The number of hydrogen-bond donors (Lipinski definition) is 1. The number of nitrogens with one attached hydrogen (secondary N) is 1. The third kappa shape index (κ3) is 5.64. The second-order valence-electron chi connectivity index (χ2n) is 8.58. The highest BCUT2D eigenvalue weighted by Crippen LogP contribution is 2.39. The summed E-state index contributed by atoms with van der Waals surface area (Å²) in [5.74, 6) is 0. The summed E-state index contributed by atoms with van der Waals surface area (Å²) in [6.07, 6.45) is 4.68. The van der Waals surface area contributed by atoms with Gasteiger partial charge < -0.3 is 19.7 Å². The van der Waals surface area contributed by atoms with E-state index < -0.39 is 5.60 Å². The molecule has 2 atom stereocenters. The largest absolute Gasteiger partial charge is 0.444 e. The van der Waals surface area contributed by atoms with Gasteiger partial charge in [0.05, 0.1) is 19.3 Å². The smallest absolute Gasteiger partial charge is 0.410 e. The Balaban J connectivity index is 1.83. The van der Waals surface area contributed by atoms with E-state index in [4.69, 9.17) is 9.47 Å². The maximum absolute atomic E-state index is 12.4. The SMILES string of the molecule is CC(CC1COCCN1C(=O)OC(C)(C)C)NCC1(C)CCC1. The normalized spacial score (nSPS) is 25.6. The van der Waals surface area contributed by atoms with Gasteiger partial charge in [-0.15, -0.1) is 0 Å². The third-order valence-corrected chi connectivity index (χ3v) is 4.92. The lowest BCUT2D eigenvalue weighted by molar-refractivity contribution is -0.0358. The van der Waals surface area contributed by atoms with Crippen LogP contribution in [0.5, 0.6) is 0 Å². The van der Waals surface area contributed by atoms with E-state index in [1.807, 2.05) is 25.7 Å². The number of carbonyl (C=O) groups excluding carboxylic acids is 1. The number of morpholine rings is 1. The third-order valence-electron chi connectivity index (χ3n) is 4.92. The molecule has 0 spiro atoms. The van der Waals surface area contributed by atoms with Gasteiger partial charge in [0, 0.05) is 19.1 Å². The highest BCUT2D eigenvalue weighted by atomic mass is 16.6. The second kappa shape index (κ2) is 7.39. The average molecular weight is 326 g/mol. The first-order valence-corrected chi connectivity index (χ1v) is 8.99. The van der Waals surface area contributed by atoms with Crippen LogP contribution in [0.1, 0.15) is 60.3 Å². The van der Waals surface area contributed by atoms with Gasteiger partial charge in [-0.1, -0.05) is 13.3 Å². The van der Waals surface area contributed by atoms with Crippen molar-refractivity contribution >= 4 is 6.09 Å². The lowest BCUT2D eigenvalue weighted by atomic mass is 9.70. The van der Waals surface area contributed by atoms with Crippen LogP contribution in [-0.4, -0.2) is 55.0 Å². The average Bonchev–Trinajstić information content (AvgIpc) is 2.42. The van der Waals surface area contributed by atoms with E-state index in [2.05, 4.69) is 19.2 Å². The van der Waals surface area contributed by atoms with Crippen molar-refractivity contribution in [3.63, 3.8) is 0 Å². The van der Waals surface area contributed by atoms with Crippen molar-refractivity contribution in [1.29, 1.82) is 0 Å². The van der Waals surface area contributed by atoms with Gasteiger partial charge in [0.2, 0.25) is 0 Å². The Morgan fingerprint density at radius 2 is 2.13 bits per heavy atom. The molecule has 1 aliphatic heterocycles. The lowest BCUT2D eigenvalue weighted by Crippen LogP contribution is -2.52. The molecule has 1 N–H and O–H groups in total. The van der Waals surface area contributed by atoms with Gasteiger partial charge in [0.1, 0.15) is 5.60 Å². The molecule has 2 fully saturated rings. The maximum Gasteiger partial charge on any atom is 0.410 e. The fraction of sp³-hybridized carbons (Fsp3) is 0.944.